The Balaban J connectivity index is 1.46. The molecular formula is C25H23N3O3. The number of ether oxygens (including phenoxy) is 1. The molecule has 6 heteroatoms. The molecule has 0 saturated carbocycles. The van der Waals surface area contributed by atoms with E-state index >= 15 is 0 Å². The molecule has 4 aromatic rings. The molecule has 1 heterocycles. The Labute approximate surface area is 181 Å². The summed E-state index contributed by atoms with van der Waals surface area (Å²) in [6, 6.07) is 25.1. The van der Waals surface area contributed by atoms with E-state index in [1.165, 1.54) is 0 Å². The minimum Gasteiger partial charge on any atom is -0.483 e. The number of nitrogens with zero attached hydrogens (tertiary/aromatic N) is 3. The number of hydrogen-bond acceptors (Lipinski definition) is 5. The molecule has 0 fully saturated rings. The highest BCUT2D eigenvalue weighted by atomic mass is 16.5. The zero-order valence-corrected chi connectivity index (χ0v) is 17.5. The first kappa shape index (κ1) is 20.3. The van der Waals surface area contributed by atoms with Crippen LogP contribution in [0, 0.1) is 6.92 Å². The van der Waals surface area contributed by atoms with Gasteiger partial charge in [-0.15, -0.1) is 0 Å². The number of aryl methyl sites for hydroxylation is 1. The van der Waals surface area contributed by atoms with Crippen molar-refractivity contribution in [2.75, 3.05) is 13.7 Å². The van der Waals surface area contributed by atoms with Gasteiger partial charge >= 0.3 is 0 Å². The quantitative estimate of drug-likeness (QED) is 0.437. The average molecular weight is 413 g/mol. The molecule has 0 spiro atoms. The molecule has 0 bridgehead atoms. The molecule has 0 aliphatic carbocycles. The Morgan fingerprint density at radius 1 is 1.00 bits per heavy atom. The summed E-state index contributed by atoms with van der Waals surface area (Å²) in [7, 11) is 1.76. The van der Waals surface area contributed by atoms with E-state index < -0.39 is 0 Å². The van der Waals surface area contributed by atoms with Gasteiger partial charge in [0.2, 0.25) is 5.82 Å². The van der Waals surface area contributed by atoms with E-state index in [4.69, 9.17) is 9.26 Å². The van der Waals surface area contributed by atoms with Gasteiger partial charge in [0.15, 0.2) is 6.61 Å². The van der Waals surface area contributed by atoms with Gasteiger partial charge in [-0.05, 0) is 30.7 Å². The van der Waals surface area contributed by atoms with E-state index in [2.05, 4.69) is 10.1 Å². The Morgan fingerprint density at radius 2 is 1.77 bits per heavy atom. The van der Waals surface area contributed by atoms with Gasteiger partial charge in [-0.3, -0.25) is 4.79 Å². The summed E-state index contributed by atoms with van der Waals surface area (Å²) in [5, 5.41) is 4.10. The van der Waals surface area contributed by atoms with E-state index in [1.54, 1.807) is 18.0 Å². The summed E-state index contributed by atoms with van der Waals surface area (Å²) in [5.74, 6) is 1.25. The van der Waals surface area contributed by atoms with Gasteiger partial charge in [-0.2, -0.15) is 4.98 Å². The summed E-state index contributed by atoms with van der Waals surface area (Å²) in [5.41, 5.74) is 3.71. The number of para-hydroxylation sites is 1. The van der Waals surface area contributed by atoms with E-state index in [0.717, 1.165) is 16.7 Å². The molecule has 0 N–H and O–H groups in total. The fourth-order valence-electron chi connectivity index (χ4n) is 3.20. The van der Waals surface area contributed by atoms with Crippen LogP contribution < -0.4 is 4.74 Å². The molecule has 0 aliphatic rings. The fourth-order valence-corrected chi connectivity index (χ4v) is 3.20. The molecule has 0 radical (unpaired) electrons. The lowest BCUT2D eigenvalue weighted by Crippen LogP contribution is -2.31. The number of hydrogen-bond donors (Lipinski definition) is 0. The van der Waals surface area contributed by atoms with Gasteiger partial charge < -0.3 is 14.2 Å². The second-order valence-corrected chi connectivity index (χ2v) is 7.31. The van der Waals surface area contributed by atoms with Crippen LogP contribution in [0.15, 0.2) is 83.4 Å². The van der Waals surface area contributed by atoms with Crippen LogP contribution in [0.5, 0.6) is 5.75 Å². The number of aromatic nitrogens is 2. The molecule has 4 rings (SSSR count). The van der Waals surface area contributed by atoms with Crippen LogP contribution >= 0.6 is 0 Å². The van der Waals surface area contributed by atoms with E-state index in [1.807, 2.05) is 79.7 Å². The number of amides is 1. The maximum Gasteiger partial charge on any atom is 0.262 e. The summed E-state index contributed by atoms with van der Waals surface area (Å²) in [4.78, 5) is 18.7. The minimum absolute atomic E-state index is 0.0841. The third kappa shape index (κ3) is 4.98. The van der Waals surface area contributed by atoms with Crippen molar-refractivity contribution in [2.24, 2.45) is 0 Å². The van der Waals surface area contributed by atoms with Crippen LogP contribution in [0.4, 0.5) is 0 Å². The molecule has 1 amide bonds. The monoisotopic (exact) mass is 413 g/mol. The second kappa shape index (κ2) is 9.26. The molecule has 0 saturated heterocycles. The standard InChI is InChI=1S/C25H23N3O3/c1-18-9-8-12-20(15-18)24-26-25(31-27-24)21-13-6-7-14-22(21)30-17-23(29)28(2)16-19-10-4-3-5-11-19/h3-15H,16-17H2,1-2H3. The maximum atomic E-state index is 12.5. The Hall–Kier alpha value is -3.93. The van der Waals surface area contributed by atoms with Gasteiger partial charge in [0.05, 0.1) is 5.56 Å². The van der Waals surface area contributed by atoms with Crippen LogP contribution in [-0.2, 0) is 11.3 Å². The maximum absolute atomic E-state index is 12.5. The molecule has 31 heavy (non-hydrogen) atoms. The van der Waals surface area contributed by atoms with Crippen LogP contribution in [0.3, 0.4) is 0 Å². The van der Waals surface area contributed by atoms with Crippen molar-refractivity contribution < 1.29 is 14.1 Å². The lowest BCUT2D eigenvalue weighted by molar-refractivity contribution is -0.132. The first-order valence-electron chi connectivity index (χ1n) is 10.0. The summed E-state index contributed by atoms with van der Waals surface area (Å²) < 4.78 is 11.3. The van der Waals surface area contributed by atoms with Crippen LogP contribution in [0.2, 0.25) is 0 Å². The highest BCUT2D eigenvalue weighted by molar-refractivity contribution is 5.78. The third-order valence-corrected chi connectivity index (χ3v) is 4.86. The van der Waals surface area contributed by atoms with Gasteiger partial charge in [0.25, 0.3) is 11.8 Å². The van der Waals surface area contributed by atoms with Crippen molar-refractivity contribution in [3.63, 3.8) is 0 Å². The Bertz CT molecular complexity index is 1170. The summed E-state index contributed by atoms with van der Waals surface area (Å²) >= 11 is 0. The first-order valence-corrected chi connectivity index (χ1v) is 10.0. The van der Waals surface area contributed by atoms with E-state index in [0.29, 0.717) is 29.6 Å². The van der Waals surface area contributed by atoms with Crippen molar-refractivity contribution in [3.05, 3.63) is 90.0 Å². The molecule has 3 aromatic carbocycles. The number of carbonyl (C=O) groups is 1. The molecule has 0 atom stereocenters. The van der Waals surface area contributed by atoms with Gasteiger partial charge in [-0.1, -0.05) is 71.4 Å². The zero-order valence-electron chi connectivity index (χ0n) is 17.5. The van der Waals surface area contributed by atoms with E-state index in [9.17, 15) is 4.79 Å². The molecule has 1 aromatic heterocycles. The van der Waals surface area contributed by atoms with Crippen LogP contribution in [0.25, 0.3) is 22.8 Å². The SMILES string of the molecule is Cc1cccc(-c2noc(-c3ccccc3OCC(=O)N(C)Cc3ccccc3)n2)c1. The largest absolute Gasteiger partial charge is 0.483 e. The second-order valence-electron chi connectivity index (χ2n) is 7.31. The lowest BCUT2D eigenvalue weighted by Gasteiger charge is -2.18. The molecule has 0 unspecified atom stereocenters. The minimum atomic E-state index is -0.121. The van der Waals surface area contributed by atoms with Crippen molar-refractivity contribution in [1.29, 1.82) is 0 Å². The van der Waals surface area contributed by atoms with Crippen molar-refractivity contribution >= 4 is 5.91 Å². The highest BCUT2D eigenvalue weighted by Crippen LogP contribution is 2.30. The number of likely N-dealkylation sites (N-methyl/N-ethyl adjacent to an activating group) is 1. The van der Waals surface area contributed by atoms with E-state index in [-0.39, 0.29) is 12.5 Å². The van der Waals surface area contributed by atoms with Gasteiger partial charge in [0, 0.05) is 19.2 Å². The predicted molar refractivity (Wildman–Crippen MR) is 118 cm³/mol. The van der Waals surface area contributed by atoms with Crippen LogP contribution in [-0.4, -0.2) is 34.6 Å². The molecule has 0 aliphatic heterocycles. The lowest BCUT2D eigenvalue weighted by atomic mass is 10.1. The predicted octanol–water partition coefficient (Wildman–Crippen LogP) is 4.75. The molecule has 156 valence electrons. The molecule has 6 nitrogen and oxygen atoms in total. The Morgan fingerprint density at radius 3 is 2.58 bits per heavy atom. The normalized spacial score (nSPS) is 10.6. The number of benzene rings is 3. The first-order chi connectivity index (χ1) is 15.1. The number of rotatable bonds is 7. The Kier molecular flexibility index (Phi) is 6.08. The fraction of sp³-hybridized carbons (Fsp3) is 0.160. The zero-order chi connectivity index (χ0) is 21.6. The highest BCUT2D eigenvalue weighted by Gasteiger charge is 2.17. The van der Waals surface area contributed by atoms with Crippen molar-refractivity contribution in [3.8, 4) is 28.6 Å². The summed E-state index contributed by atoms with van der Waals surface area (Å²) in [6.45, 7) is 2.45. The molecular weight excluding hydrogens is 390 g/mol. The summed E-state index contributed by atoms with van der Waals surface area (Å²) in [6.07, 6.45) is 0. The smallest absolute Gasteiger partial charge is 0.262 e. The topological polar surface area (TPSA) is 68.5 Å². The van der Waals surface area contributed by atoms with Crippen LogP contribution in [0.1, 0.15) is 11.1 Å². The van der Waals surface area contributed by atoms with Gasteiger partial charge in [-0.25, -0.2) is 0 Å². The average Bonchev–Trinajstić information content (AvgIpc) is 3.28. The van der Waals surface area contributed by atoms with Crippen molar-refractivity contribution in [1.82, 2.24) is 15.0 Å². The third-order valence-electron chi connectivity index (χ3n) is 4.86. The van der Waals surface area contributed by atoms with Gasteiger partial charge in [0.1, 0.15) is 5.75 Å². The number of carbonyl (C=O) groups excluding carboxylic acids is 1. The van der Waals surface area contributed by atoms with Crippen molar-refractivity contribution in [2.45, 2.75) is 13.5 Å².